The number of hydrogen-bond donors (Lipinski definition) is 0. The average molecular weight is 288 g/mol. The van der Waals surface area contributed by atoms with E-state index in [0.717, 1.165) is 31.3 Å². The molecule has 1 unspecified atom stereocenters. The fraction of sp³-hybridized carbons (Fsp3) is 0.667. The van der Waals surface area contributed by atoms with Crippen molar-refractivity contribution in [3.63, 3.8) is 0 Å². The molecule has 2 aromatic heterocycles. The van der Waals surface area contributed by atoms with Crippen LogP contribution in [0.3, 0.4) is 0 Å². The average Bonchev–Trinajstić information content (AvgIpc) is 2.96. The third-order valence-electron chi connectivity index (χ3n) is 4.16. The predicted molar refractivity (Wildman–Crippen MR) is 80.7 cm³/mol. The zero-order valence-corrected chi connectivity index (χ0v) is 13.2. The number of hydrogen-bond acceptors (Lipinski definition) is 4. The van der Waals surface area contributed by atoms with Gasteiger partial charge in [0, 0.05) is 38.4 Å². The molecule has 0 amide bonds. The Labute approximate surface area is 125 Å². The number of aryl methyl sites for hydroxylation is 3. The van der Waals surface area contributed by atoms with E-state index in [2.05, 4.69) is 31.0 Å². The lowest BCUT2D eigenvalue weighted by Crippen LogP contribution is -2.36. The van der Waals surface area contributed by atoms with E-state index < -0.39 is 0 Å². The van der Waals surface area contributed by atoms with Gasteiger partial charge in [-0.25, -0.2) is 9.67 Å². The largest absolute Gasteiger partial charge is 0.299 e. The van der Waals surface area contributed by atoms with Crippen molar-refractivity contribution < 1.29 is 0 Å². The Balaban J connectivity index is 1.59. The van der Waals surface area contributed by atoms with Crippen molar-refractivity contribution in [2.24, 2.45) is 13.0 Å². The van der Waals surface area contributed by atoms with Gasteiger partial charge in [0.1, 0.15) is 11.6 Å². The van der Waals surface area contributed by atoms with Crippen LogP contribution in [0.5, 0.6) is 0 Å². The van der Waals surface area contributed by atoms with Gasteiger partial charge in [-0.15, -0.1) is 0 Å². The van der Waals surface area contributed by atoms with Crippen molar-refractivity contribution in [3.05, 3.63) is 29.6 Å². The molecule has 0 N–H and O–H groups in total. The van der Waals surface area contributed by atoms with E-state index >= 15 is 0 Å². The van der Waals surface area contributed by atoms with Crippen LogP contribution >= 0.6 is 0 Å². The summed E-state index contributed by atoms with van der Waals surface area (Å²) in [6.07, 6.45) is 6.61. The molecule has 114 valence electrons. The van der Waals surface area contributed by atoms with Crippen LogP contribution in [-0.4, -0.2) is 42.5 Å². The number of nitrogens with zero attached hydrogens (tertiary/aromatic N) is 6. The summed E-state index contributed by atoms with van der Waals surface area (Å²) in [6, 6.07) is 0. The van der Waals surface area contributed by atoms with Gasteiger partial charge in [-0.3, -0.25) is 9.58 Å². The van der Waals surface area contributed by atoms with Crippen molar-refractivity contribution in [2.75, 3.05) is 13.1 Å². The van der Waals surface area contributed by atoms with E-state index in [1.165, 1.54) is 24.9 Å². The summed E-state index contributed by atoms with van der Waals surface area (Å²) in [5.41, 5.74) is 1.30. The molecule has 1 aliphatic rings. The lowest BCUT2D eigenvalue weighted by molar-refractivity contribution is 0.152. The standard InChI is InChI=1S/C15H24N6/c1-12-17-13(2)21(18-12)11-14-5-4-6-20(9-14)10-15-7-16-19(3)8-15/h7-8,14H,4-6,9-11H2,1-3H3. The number of piperidine rings is 1. The summed E-state index contributed by atoms with van der Waals surface area (Å²) in [7, 11) is 1.97. The minimum absolute atomic E-state index is 0.662. The van der Waals surface area contributed by atoms with Gasteiger partial charge in [0.25, 0.3) is 0 Å². The van der Waals surface area contributed by atoms with E-state index in [1.807, 2.05) is 31.8 Å². The van der Waals surface area contributed by atoms with Crippen molar-refractivity contribution in [2.45, 2.75) is 39.8 Å². The molecule has 3 rings (SSSR count). The van der Waals surface area contributed by atoms with Crippen LogP contribution in [0.4, 0.5) is 0 Å². The van der Waals surface area contributed by atoms with E-state index in [1.54, 1.807) is 0 Å². The molecule has 2 aromatic rings. The van der Waals surface area contributed by atoms with Gasteiger partial charge in [-0.05, 0) is 39.2 Å². The lowest BCUT2D eigenvalue weighted by Gasteiger charge is -2.32. The monoisotopic (exact) mass is 288 g/mol. The Bertz CT molecular complexity index is 599. The molecule has 6 heteroatoms. The Morgan fingerprint density at radius 2 is 2.19 bits per heavy atom. The van der Waals surface area contributed by atoms with E-state index in [-0.39, 0.29) is 0 Å². The molecule has 1 aliphatic heterocycles. The van der Waals surface area contributed by atoms with Gasteiger partial charge in [0.05, 0.1) is 6.20 Å². The number of rotatable bonds is 4. The maximum Gasteiger partial charge on any atom is 0.147 e. The molecule has 1 atom stereocenters. The fourth-order valence-electron chi connectivity index (χ4n) is 3.23. The minimum atomic E-state index is 0.662. The second-order valence-electron chi connectivity index (χ2n) is 6.15. The smallest absolute Gasteiger partial charge is 0.147 e. The van der Waals surface area contributed by atoms with Crippen LogP contribution < -0.4 is 0 Å². The van der Waals surface area contributed by atoms with Crippen LogP contribution in [0.15, 0.2) is 12.4 Å². The first-order chi connectivity index (χ1) is 10.1. The summed E-state index contributed by atoms with van der Waals surface area (Å²) >= 11 is 0. The summed E-state index contributed by atoms with van der Waals surface area (Å²) < 4.78 is 3.94. The highest BCUT2D eigenvalue weighted by Gasteiger charge is 2.21. The molecule has 0 bridgehead atoms. The van der Waals surface area contributed by atoms with Gasteiger partial charge >= 0.3 is 0 Å². The first kappa shape index (κ1) is 14.3. The zero-order valence-electron chi connectivity index (χ0n) is 13.2. The topological polar surface area (TPSA) is 51.8 Å². The minimum Gasteiger partial charge on any atom is -0.299 e. The first-order valence-electron chi connectivity index (χ1n) is 7.68. The highest BCUT2D eigenvalue weighted by atomic mass is 15.3. The summed E-state index contributed by atoms with van der Waals surface area (Å²) in [5.74, 6) is 2.56. The summed E-state index contributed by atoms with van der Waals surface area (Å²) in [6.45, 7) is 8.29. The molecule has 1 fully saturated rings. The molecular weight excluding hydrogens is 264 g/mol. The Morgan fingerprint density at radius 1 is 1.33 bits per heavy atom. The predicted octanol–water partition coefficient (Wildman–Crippen LogP) is 1.54. The third kappa shape index (κ3) is 3.50. The van der Waals surface area contributed by atoms with Gasteiger partial charge in [-0.2, -0.15) is 10.2 Å². The first-order valence-corrected chi connectivity index (χ1v) is 7.68. The van der Waals surface area contributed by atoms with Crippen LogP contribution in [0.2, 0.25) is 0 Å². The second kappa shape index (κ2) is 5.97. The molecule has 0 radical (unpaired) electrons. The van der Waals surface area contributed by atoms with E-state index in [0.29, 0.717) is 5.92 Å². The summed E-state index contributed by atoms with van der Waals surface area (Å²) in [5, 5.41) is 8.74. The van der Waals surface area contributed by atoms with Crippen LogP contribution in [0, 0.1) is 19.8 Å². The van der Waals surface area contributed by atoms with Crippen LogP contribution in [0.25, 0.3) is 0 Å². The quantitative estimate of drug-likeness (QED) is 0.856. The van der Waals surface area contributed by atoms with Gasteiger partial charge in [0.2, 0.25) is 0 Å². The molecule has 0 aliphatic carbocycles. The molecule has 1 saturated heterocycles. The van der Waals surface area contributed by atoms with Crippen molar-refractivity contribution >= 4 is 0 Å². The fourth-order valence-corrected chi connectivity index (χ4v) is 3.23. The normalized spacial score (nSPS) is 20.0. The molecule has 0 aromatic carbocycles. The van der Waals surface area contributed by atoms with Crippen molar-refractivity contribution in [1.82, 2.24) is 29.4 Å². The highest BCUT2D eigenvalue weighted by molar-refractivity contribution is 5.03. The number of likely N-dealkylation sites (tertiary alicyclic amines) is 1. The maximum absolute atomic E-state index is 4.49. The van der Waals surface area contributed by atoms with Crippen molar-refractivity contribution in [3.8, 4) is 0 Å². The second-order valence-corrected chi connectivity index (χ2v) is 6.15. The molecule has 6 nitrogen and oxygen atoms in total. The maximum atomic E-state index is 4.49. The van der Waals surface area contributed by atoms with Gasteiger partial charge < -0.3 is 0 Å². The highest BCUT2D eigenvalue weighted by Crippen LogP contribution is 2.20. The third-order valence-corrected chi connectivity index (χ3v) is 4.16. The lowest BCUT2D eigenvalue weighted by atomic mass is 9.98. The van der Waals surface area contributed by atoms with Crippen LogP contribution in [-0.2, 0) is 20.1 Å². The molecule has 0 spiro atoms. The Hall–Kier alpha value is -1.69. The summed E-state index contributed by atoms with van der Waals surface area (Å²) in [4.78, 5) is 6.93. The van der Waals surface area contributed by atoms with E-state index in [4.69, 9.17) is 0 Å². The van der Waals surface area contributed by atoms with Gasteiger partial charge in [-0.1, -0.05) is 0 Å². The molecule has 0 saturated carbocycles. The number of aromatic nitrogens is 5. The molecule has 3 heterocycles. The zero-order chi connectivity index (χ0) is 14.8. The SMILES string of the molecule is Cc1nc(C)n(CC2CCCN(Cc3cnn(C)c3)C2)n1. The Kier molecular flexibility index (Phi) is 4.05. The molecule has 21 heavy (non-hydrogen) atoms. The molecular formula is C15H24N6. The Morgan fingerprint density at radius 3 is 2.86 bits per heavy atom. The van der Waals surface area contributed by atoms with Crippen molar-refractivity contribution in [1.29, 1.82) is 0 Å². The van der Waals surface area contributed by atoms with Gasteiger partial charge in [0.15, 0.2) is 0 Å². The van der Waals surface area contributed by atoms with E-state index in [9.17, 15) is 0 Å². The van der Waals surface area contributed by atoms with Crippen LogP contribution in [0.1, 0.15) is 30.1 Å².